The maximum atomic E-state index is 11.0. The molecule has 0 aliphatic heterocycles. The number of imidazole rings is 1. The zero-order valence-electron chi connectivity index (χ0n) is 14.4. The standard InChI is InChI=1S/C17H21Cl2N3O4/c1-2-3-4-5-10-25-16(14-7-6-13(18)11-15(14)19)17(26-22(23)24)21-9-8-20-12-21/h6-9,11-12,16-17H,2-5,10H2,1H3. The second-order valence-electron chi connectivity index (χ2n) is 5.75. The summed E-state index contributed by atoms with van der Waals surface area (Å²) in [4.78, 5) is 19.9. The van der Waals surface area contributed by atoms with Crippen LogP contribution in [-0.4, -0.2) is 21.2 Å². The van der Waals surface area contributed by atoms with Crippen LogP contribution < -0.4 is 0 Å². The van der Waals surface area contributed by atoms with E-state index in [-0.39, 0.29) is 0 Å². The summed E-state index contributed by atoms with van der Waals surface area (Å²) in [6, 6.07) is 4.92. The Bertz CT molecular complexity index is 697. The molecule has 142 valence electrons. The van der Waals surface area contributed by atoms with Crippen LogP contribution in [-0.2, 0) is 9.57 Å². The lowest BCUT2D eigenvalue weighted by molar-refractivity contribution is -0.778. The van der Waals surface area contributed by atoms with Crippen LogP contribution in [0.15, 0.2) is 36.9 Å². The van der Waals surface area contributed by atoms with Crippen molar-refractivity contribution in [2.75, 3.05) is 6.61 Å². The molecule has 2 unspecified atom stereocenters. The molecular weight excluding hydrogens is 381 g/mol. The van der Waals surface area contributed by atoms with Crippen LogP contribution in [0.4, 0.5) is 0 Å². The van der Waals surface area contributed by atoms with Gasteiger partial charge in [-0.05, 0) is 18.6 Å². The molecule has 0 saturated heterocycles. The maximum Gasteiger partial charge on any atom is 0.296 e. The summed E-state index contributed by atoms with van der Waals surface area (Å²) in [7, 11) is 0. The highest BCUT2D eigenvalue weighted by atomic mass is 35.5. The van der Waals surface area contributed by atoms with E-state index in [0.29, 0.717) is 22.2 Å². The van der Waals surface area contributed by atoms with Crippen molar-refractivity contribution in [3.05, 3.63) is 62.6 Å². The van der Waals surface area contributed by atoms with Gasteiger partial charge in [0.25, 0.3) is 5.09 Å². The van der Waals surface area contributed by atoms with Gasteiger partial charge in [-0.3, -0.25) is 4.84 Å². The lowest BCUT2D eigenvalue weighted by Gasteiger charge is -2.27. The number of unbranched alkanes of at least 4 members (excludes halogenated alkanes) is 3. The lowest BCUT2D eigenvalue weighted by Crippen LogP contribution is -2.25. The largest absolute Gasteiger partial charge is 0.369 e. The SMILES string of the molecule is CCCCCCOC(c1ccc(Cl)cc1Cl)C(O[N+](=O)[O-])n1ccnc1. The van der Waals surface area contributed by atoms with E-state index < -0.39 is 17.4 Å². The van der Waals surface area contributed by atoms with Gasteiger partial charge in [0.05, 0.1) is 6.33 Å². The van der Waals surface area contributed by atoms with Crippen molar-refractivity contribution in [2.45, 2.75) is 44.9 Å². The summed E-state index contributed by atoms with van der Waals surface area (Å²) >= 11 is 12.3. The lowest BCUT2D eigenvalue weighted by atomic mass is 10.1. The molecule has 1 aromatic heterocycles. The van der Waals surface area contributed by atoms with Crippen molar-refractivity contribution < 1.29 is 14.7 Å². The average Bonchev–Trinajstić information content (AvgIpc) is 3.11. The van der Waals surface area contributed by atoms with Crippen LogP contribution >= 0.6 is 23.2 Å². The van der Waals surface area contributed by atoms with Crippen LogP contribution in [0.2, 0.25) is 10.0 Å². The molecule has 0 amide bonds. The van der Waals surface area contributed by atoms with Crippen LogP contribution in [0.1, 0.15) is 50.5 Å². The number of hydrogen-bond acceptors (Lipinski definition) is 5. The third kappa shape index (κ3) is 5.86. The first kappa shape index (κ1) is 20.5. The molecule has 0 aliphatic rings. The minimum atomic E-state index is -1.06. The van der Waals surface area contributed by atoms with Gasteiger partial charge >= 0.3 is 0 Å². The van der Waals surface area contributed by atoms with E-state index >= 15 is 0 Å². The summed E-state index contributed by atoms with van der Waals surface area (Å²) in [6.45, 7) is 2.55. The molecule has 0 N–H and O–H groups in total. The third-order valence-electron chi connectivity index (χ3n) is 3.84. The second-order valence-corrected chi connectivity index (χ2v) is 6.59. The van der Waals surface area contributed by atoms with E-state index in [2.05, 4.69) is 11.9 Å². The minimum absolute atomic E-state index is 0.355. The van der Waals surface area contributed by atoms with Crippen LogP contribution in [0.3, 0.4) is 0 Å². The minimum Gasteiger partial charge on any atom is -0.369 e. The smallest absolute Gasteiger partial charge is 0.296 e. The molecule has 1 aromatic carbocycles. The molecule has 1 heterocycles. The Morgan fingerprint density at radius 3 is 2.73 bits per heavy atom. The van der Waals surface area contributed by atoms with Gasteiger partial charge in [-0.1, -0.05) is 55.5 Å². The van der Waals surface area contributed by atoms with Crippen molar-refractivity contribution in [3.63, 3.8) is 0 Å². The number of aromatic nitrogens is 2. The monoisotopic (exact) mass is 401 g/mol. The van der Waals surface area contributed by atoms with Gasteiger partial charge in [0.1, 0.15) is 6.10 Å². The van der Waals surface area contributed by atoms with Gasteiger partial charge in [0.15, 0.2) is 0 Å². The van der Waals surface area contributed by atoms with Crippen molar-refractivity contribution in [3.8, 4) is 0 Å². The Morgan fingerprint density at radius 1 is 1.31 bits per heavy atom. The highest BCUT2D eigenvalue weighted by Crippen LogP contribution is 2.36. The molecule has 7 nitrogen and oxygen atoms in total. The van der Waals surface area contributed by atoms with E-state index in [0.717, 1.165) is 25.7 Å². The normalized spacial score (nSPS) is 13.3. The van der Waals surface area contributed by atoms with Gasteiger partial charge in [-0.2, -0.15) is 0 Å². The van der Waals surface area contributed by atoms with Gasteiger partial charge in [-0.15, -0.1) is 10.1 Å². The Kier molecular flexibility index (Phi) is 8.15. The number of benzene rings is 1. The van der Waals surface area contributed by atoms with Crippen molar-refractivity contribution in [1.29, 1.82) is 0 Å². The van der Waals surface area contributed by atoms with Crippen molar-refractivity contribution in [1.82, 2.24) is 9.55 Å². The van der Waals surface area contributed by atoms with Gasteiger partial charge in [-0.25, -0.2) is 4.98 Å². The van der Waals surface area contributed by atoms with E-state index in [4.69, 9.17) is 32.8 Å². The molecule has 2 aromatic rings. The summed E-state index contributed by atoms with van der Waals surface area (Å²) < 4.78 is 7.45. The van der Waals surface area contributed by atoms with E-state index in [9.17, 15) is 10.1 Å². The number of halogens is 2. The Labute approximate surface area is 161 Å². The first-order chi connectivity index (χ1) is 12.5. The highest BCUT2D eigenvalue weighted by Gasteiger charge is 2.30. The molecule has 0 radical (unpaired) electrons. The predicted molar refractivity (Wildman–Crippen MR) is 98.6 cm³/mol. The fourth-order valence-corrected chi connectivity index (χ4v) is 3.09. The number of nitrogens with zero attached hydrogens (tertiary/aromatic N) is 3. The molecule has 0 spiro atoms. The summed E-state index contributed by atoms with van der Waals surface area (Å²) in [5.74, 6) is 0. The average molecular weight is 402 g/mol. The number of ether oxygens (including phenoxy) is 1. The van der Waals surface area contributed by atoms with E-state index in [1.165, 1.54) is 17.1 Å². The number of hydrogen-bond donors (Lipinski definition) is 0. The summed E-state index contributed by atoms with van der Waals surface area (Å²) in [6.07, 6.45) is 6.74. The first-order valence-electron chi connectivity index (χ1n) is 8.38. The maximum absolute atomic E-state index is 11.0. The van der Waals surface area contributed by atoms with E-state index in [1.54, 1.807) is 24.4 Å². The Balaban J connectivity index is 2.28. The summed E-state index contributed by atoms with van der Waals surface area (Å²) in [5.41, 5.74) is 0.562. The van der Waals surface area contributed by atoms with E-state index in [1.807, 2.05) is 0 Å². The van der Waals surface area contributed by atoms with Crippen LogP contribution in [0.5, 0.6) is 0 Å². The quantitative estimate of drug-likeness (QED) is 0.292. The molecule has 0 saturated carbocycles. The predicted octanol–water partition coefficient (Wildman–Crippen LogP) is 5.24. The van der Waals surface area contributed by atoms with Gasteiger partial charge in [0, 0.05) is 34.6 Å². The molecule has 2 rings (SSSR count). The molecule has 26 heavy (non-hydrogen) atoms. The molecule has 0 bridgehead atoms. The molecule has 9 heteroatoms. The molecule has 0 aliphatic carbocycles. The first-order valence-corrected chi connectivity index (χ1v) is 9.13. The fraction of sp³-hybridized carbons (Fsp3) is 0.471. The van der Waals surface area contributed by atoms with Gasteiger partial charge in [0.2, 0.25) is 6.23 Å². The zero-order chi connectivity index (χ0) is 18.9. The Hall–Kier alpha value is -1.83. The second kappa shape index (κ2) is 10.4. The van der Waals surface area contributed by atoms with Crippen molar-refractivity contribution >= 4 is 23.2 Å². The topological polar surface area (TPSA) is 79.4 Å². The molecule has 0 fully saturated rings. The molecular formula is C17H21Cl2N3O4. The highest BCUT2D eigenvalue weighted by molar-refractivity contribution is 6.35. The zero-order valence-corrected chi connectivity index (χ0v) is 15.9. The fourth-order valence-electron chi connectivity index (χ4n) is 2.57. The summed E-state index contributed by atoms with van der Waals surface area (Å²) in [5, 5.41) is 11.0. The van der Waals surface area contributed by atoms with Crippen LogP contribution in [0, 0.1) is 10.1 Å². The van der Waals surface area contributed by atoms with Gasteiger partial charge < -0.3 is 9.30 Å². The van der Waals surface area contributed by atoms with Crippen LogP contribution in [0.25, 0.3) is 0 Å². The molecule has 2 atom stereocenters. The third-order valence-corrected chi connectivity index (χ3v) is 4.40. The Morgan fingerprint density at radius 2 is 2.12 bits per heavy atom. The number of rotatable bonds is 11. The van der Waals surface area contributed by atoms with Crippen molar-refractivity contribution in [2.24, 2.45) is 0 Å².